The van der Waals surface area contributed by atoms with E-state index in [2.05, 4.69) is 6.92 Å². The summed E-state index contributed by atoms with van der Waals surface area (Å²) in [7, 11) is 1.61. The van der Waals surface area contributed by atoms with Gasteiger partial charge in [0.25, 0.3) is 0 Å². The summed E-state index contributed by atoms with van der Waals surface area (Å²) in [6, 6.07) is 13.5. The molecule has 0 unspecified atom stereocenters. The van der Waals surface area contributed by atoms with E-state index in [1.165, 1.54) is 0 Å². The quantitative estimate of drug-likeness (QED) is 0.444. The molecule has 1 atom stereocenters. The summed E-state index contributed by atoms with van der Waals surface area (Å²) in [5.74, 6) is 0.597. The minimum atomic E-state index is -0.102. The number of benzene rings is 1. The summed E-state index contributed by atoms with van der Waals surface area (Å²) < 4.78 is 10.7. The summed E-state index contributed by atoms with van der Waals surface area (Å²) in [6.45, 7) is 5.83. The molecule has 2 rings (SSSR count). The van der Waals surface area contributed by atoms with Crippen LogP contribution in [0.3, 0.4) is 0 Å². The van der Waals surface area contributed by atoms with E-state index in [0.29, 0.717) is 32.0 Å². The van der Waals surface area contributed by atoms with Gasteiger partial charge in [-0.1, -0.05) is 57.0 Å². The number of furan rings is 1. The highest BCUT2D eigenvalue weighted by molar-refractivity contribution is 5.86. The number of hydrogen-bond donors (Lipinski definition) is 0. The topological polar surface area (TPSA) is 63.0 Å². The Labute approximate surface area is 186 Å². The minimum Gasteiger partial charge on any atom is -0.467 e. The monoisotopic (exact) mass is 428 g/mol. The average Bonchev–Trinajstić information content (AvgIpc) is 3.30. The molecule has 2 aromatic rings. The fraction of sp³-hybridized carbons (Fsp3) is 0.520. The lowest BCUT2D eigenvalue weighted by Gasteiger charge is -2.29. The Kier molecular flexibility index (Phi) is 10.9. The van der Waals surface area contributed by atoms with E-state index in [9.17, 15) is 9.59 Å². The van der Waals surface area contributed by atoms with Crippen LogP contribution in [0, 0.1) is 5.92 Å². The Hall–Kier alpha value is -2.60. The largest absolute Gasteiger partial charge is 0.467 e. The standard InChI is InChI=1S/C25H36N2O4/c1-4-6-13-22(5-2)25(29)26(15-17-30-3)20-24(28)27(19-23-14-10-16-31-23)18-21-11-8-7-9-12-21/h7-12,14,16,22H,4-6,13,15,17-20H2,1-3H3/t22-/m1/s1. The van der Waals surface area contributed by atoms with Crippen molar-refractivity contribution >= 4 is 11.8 Å². The van der Waals surface area contributed by atoms with Crippen LogP contribution < -0.4 is 0 Å². The second-order valence-corrected chi connectivity index (χ2v) is 7.81. The van der Waals surface area contributed by atoms with Crippen LogP contribution in [0.4, 0.5) is 0 Å². The van der Waals surface area contributed by atoms with Crippen molar-refractivity contribution in [2.45, 2.75) is 52.6 Å². The van der Waals surface area contributed by atoms with Crippen molar-refractivity contribution in [3.05, 3.63) is 60.1 Å². The minimum absolute atomic E-state index is 0.0400. The first-order chi connectivity index (χ1) is 15.1. The second-order valence-electron chi connectivity index (χ2n) is 7.81. The van der Waals surface area contributed by atoms with Gasteiger partial charge in [-0.25, -0.2) is 0 Å². The van der Waals surface area contributed by atoms with Crippen molar-refractivity contribution in [2.24, 2.45) is 5.92 Å². The second kappa shape index (κ2) is 13.7. The van der Waals surface area contributed by atoms with Crippen LogP contribution >= 0.6 is 0 Å². The molecule has 0 spiro atoms. The van der Waals surface area contributed by atoms with E-state index in [1.54, 1.807) is 23.2 Å². The lowest BCUT2D eigenvalue weighted by molar-refractivity contribution is -0.144. The molecule has 6 heteroatoms. The Morgan fingerprint density at radius 2 is 1.81 bits per heavy atom. The smallest absolute Gasteiger partial charge is 0.242 e. The molecule has 0 fully saturated rings. The summed E-state index contributed by atoms with van der Waals surface area (Å²) >= 11 is 0. The fourth-order valence-corrected chi connectivity index (χ4v) is 3.57. The number of carbonyl (C=O) groups excluding carboxylic acids is 2. The molecule has 31 heavy (non-hydrogen) atoms. The third-order valence-corrected chi connectivity index (χ3v) is 5.45. The van der Waals surface area contributed by atoms with Crippen LogP contribution in [0.1, 0.15) is 50.9 Å². The van der Waals surface area contributed by atoms with E-state index in [-0.39, 0.29) is 24.3 Å². The van der Waals surface area contributed by atoms with Crippen molar-refractivity contribution in [3.63, 3.8) is 0 Å². The van der Waals surface area contributed by atoms with Crippen molar-refractivity contribution in [1.29, 1.82) is 0 Å². The number of nitrogens with zero attached hydrogens (tertiary/aromatic N) is 2. The Balaban J connectivity index is 2.15. The van der Waals surface area contributed by atoms with E-state index in [0.717, 1.165) is 31.2 Å². The molecule has 6 nitrogen and oxygen atoms in total. The van der Waals surface area contributed by atoms with Gasteiger partial charge in [0.2, 0.25) is 11.8 Å². The Morgan fingerprint density at radius 1 is 1.03 bits per heavy atom. The lowest BCUT2D eigenvalue weighted by atomic mass is 9.97. The third-order valence-electron chi connectivity index (χ3n) is 5.45. The summed E-state index contributed by atoms with van der Waals surface area (Å²) in [6.07, 6.45) is 5.29. The normalized spacial score (nSPS) is 11.8. The fourth-order valence-electron chi connectivity index (χ4n) is 3.57. The zero-order valence-corrected chi connectivity index (χ0v) is 19.1. The number of ether oxygens (including phenoxy) is 1. The van der Waals surface area contributed by atoms with Crippen molar-refractivity contribution in [2.75, 3.05) is 26.8 Å². The molecule has 0 aliphatic carbocycles. The molecule has 1 heterocycles. The zero-order chi connectivity index (χ0) is 22.5. The van der Waals surface area contributed by atoms with Crippen LogP contribution in [0.2, 0.25) is 0 Å². The molecule has 2 amide bonds. The van der Waals surface area contributed by atoms with Gasteiger partial charge in [0.05, 0.1) is 26.0 Å². The van der Waals surface area contributed by atoms with Gasteiger partial charge in [-0.3, -0.25) is 9.59 Å². The van der Waals surface area contributed by atoms with E-state index in [1.807, 2.05) is 49.4 Å². The molecule has 1 aromatic heterocycles. The molecule has 0 aliphatic rings. The molecule has 1 aromatic carbocycles. The highest BCUT2D eigenvalue weighted by Gasteiger charge is 2.26. The van der Waals surface area contributed by atoms with E-state index >= 15 is 0 Å². The van der Waals surface area contributed by atoms with Crippen LogP contribution in [0.5, 0.6) is 0 Å². The van der Waals surface area contributed by atoms with Crippen molar-refractivity contribution in [3.8, 4) is 0 Å². The zero-order valence-electron chi connectivity index (χ0n) is 19.1. The maximum atomic E-state index is 13.3. The van der Waals surface area contributed by atoms with Gasteiger partial charge >= 0.3 is 0 Å². The average molecular weight is 429 g/mol. The maximum absolute atomic E-state index is 13.3. The Bertz CT molecular complexity index is 761. The summed E-state index contributed by atoms with van der Waals surface area (Å²) in [5.41, 5.74) is 1.03. The van der Waals surface area contributed by atoms with Gasteiger partial charge < -0.3 is 19.0 Å². The number of carbonyl (C=O) groups is 2. The van der Waals surface area contributed by atoms with E-state index in [4.69, 9.17) is 9.15 Å². The number of unbranched alkanes of at least 4 members (excludes halogenated alkanes) is 1. The number of methoxy groups -OCH3 is 1. The maximum Gasteiger partial charge on any atom is 0.242 e. The van der Waals surface area contributed by atoms with Gasteiger partial charge in [-0.15, -0.1) is 0 Å². The molecule has 0 bridgehead atoms. The van der Waals surface area contributed by atoms with Gasteiger partial charge in [0.1, 0.15) is 5.76 Å². The molecule has 0 saturated heterocycles. The third kappa shape index (κ3) is 8.21. The first kappa shape index (κ1) is 24.7. The molecular weight excluding hydrogens is 392 g/mol. The highest BCUT2D eigenvalue weighted by Crippen LogP contribution is 2.17. The molecule has 170 valence electrons. The highest BCUT2D eigenvalue weighted by atomic mass is 16.5. The van der Waals surface area contributed by atoms with Crippen molar-refractivity contribution < 1.29 is 18.7 Å². The van der Waals surface area contributed by atoms with Gasteiger partial charge in [0, 0.05) is 26.1 Å². The first-order valence-electron chi connectivity index (χ1n) is 11.2. The van der Waals surface area contributed by atoms with Gasteiger partial charge in [0.15, 0.2) is 0 Å². The van der Waals surface area contributed by atoms with Crippen LogP contribution in [0.15, 0.2) is 53.1 Å². The number of amides is 2. The summed E-state index contributed by atoms with van der Waals surface area (Å²) in [4.78, 5) is 29.9. The van der Waals surface area contributed by atoms with Gasteiger partial charge in [-0.05, 0) is 30.5 Å². The van der Waals surface area contributed by atoms with Crippen LogP contribution in [-0.4, -0.2) is 48.4 Å². The number of hydrogen-bond acceptors (Lipinski definition) is 4. The molecule has 0 radical (unpaired) electrons. The lowest BCUT2D eigenvalue weighted by Crippen LogP contribution is -2.45. The predicted octanol–water partition coefficient (Wildman–Crippen LogP) is 4.50. The van der Waals surface area contributed by atoms with Gasteiger partial charge in [-0.2, -0.15) is 0 Å². The van der Waals surface area contributed by atoms with Crippen LogP contribution in [-0.2, 0) is 27.4 Å². The SMILES string of the molecule is CCCC[C@@H](CC)C(=O)N(CCOC)CC(=O)N(Cc1ccccc1)Cc1ccco1. The summed E-state index contributed by atoms with van der Waals surface area (Å²) in [5, 5.41) is 0. The van der Waals surface area contributed by atoms with Crippen molar-refractivity contribution in [1.82, 2.24) is 9.80 Å². The molecule has 0 aliphatic heterocycles. The predicted molar refractivity (Wildman–Crippen MR) is 121 cm³/mol. The van der Waals surface area contributed by atoms with E-state index < -0.39 is 0 Å². The molecular formula is C25H36N2O4. The Morgan fingerprint density at radius 3 is 2.42 bits per heavy atom. The molecule has 0 N–H and O–H groups in total. The first-order valence-corrected chi connectivity index (χ1v) is 11.2. The molecule has 0 saturated carbocycles. The van der Waals surface area contributed by atoms with Crippen LogP contribution in [0.25, 0.3) is 0 Å². The number of rotatable bonds is 14.